The summed E-state index contributed by atoms with van der Waals surface area (Å²) in [6.45, 7) is 7.05. The van der Waals surface area contributed by atoms with Crippen LogP contribution in [-0.4, -0.2) is 30.6 Å². The maximum atomic E-state index is 12.1. The van der Waals surface area contributed by atoms with Crippen molar-refractivity contribution < 1.29 is 4.79 Å². The van der Waals surface area contributed by atoms with Gasteiger partial charge in [0.25, 0.3) is 0 Å². The average molecular weight is 254 g/mol. The fourth-order valence-electron chi connectivity index (χ4n) is 2.61. The van der Waals surface area contributed by atoms with Crippen molar-refractivity contribution in [1.29, 1.82) is 0 Å². The number of nitrogens with zero attached hydrogens (tertiary/aromatic N) is 1. The summed E-state index contributed by atoms with van der Waals surface area (Å²) >= 11 is 0. The lowest BCUT2D eigenvalue weighted by molar-refractivity contribution is 0.186. The Kier molecular flexibility index (Phi) is 7.86. The van der Waals surface area contributed by atoms with Crippen LogP contribution in [0.1, 0.15) is 65.2 Å². The monoisotopic (exact) mass is 254 g/mol. The van der Waals surface area contributed by atoms with E-state index in [2.05, 4.69) is 24.1 Å². The van der Waals surface area contributed by atoms with E-state index >= 15 is 0 Å². The van der Waals surface area contributed by atoms with E-state index in [1.165, 1.54) is 25.7 Å². The molecule has 1 aliphatic rings. The molecule has 0 aromatic rings. The van der Waals surface area contributed by atoms with Gasteiger partial charge >= 0.3 is 6.03 Å². The summed E-state index contributed by atoms with van der Waals surface area (Å²) in [5.74, 6) is 0.749. The van der Waals surface area contributed by atoms with Gasteiger partial charge in [0.2, 0.25) is 0 Å². The first-order valence-corrected chi connectivity index (χ1v) is 7.80. The number of nitrogens with one attached hydrogen (secondary N) is 1. The van der Waals surface area contributed by atoms with Gasteiger partial charge in [0.05, 0.1) is 0 Å². The van der Waals surface area contributed by atoms with Gasteiger partial charge in [-0.2, -0.15) is 0 Å². The zero-order chi connectivity index (χ0) is 13.2. The summed E-state index contributed by atoms with van der Waals surface area (Å²) in [6, 6.07) is 0.156. The molecule has 18 heavy (non-hydrogen) atoms. The minimum Gasteiger partial charge on any atom is -0.338 e. The summed E-state index contributed by atoms with van der Waals surface area (Å²) in [7, 11) is 0. The van der Waals surface area contributed by atoms with Crippen LogP contribution in [0.25, 0.3) is 0 Å². The van der Waals surface area contributed by atoms with E-state index in [1.54, 1.807) is 0 Å². The zero-order valence-corrected chi connectivity index (χ0v) is 12.2. The maximum absolute atomic E-state index is 12.1. The fraction of sp³-hybridized carbons (Fsp3) is 0.933. The lowest BCUT2D eigenvalue weighted by Crippen LogP contribution is -2.43. The molecular formula is C15H30N2O. The number of carbonyl (C=O) groups is 1. The second kappa shape index (κ2) is 9.23. The number of unbranched alkanes of at least 4 members (excludes halogenated alkanes) is 2. The van der Waals surface area contributed by atoms with Gasteiger partial charge in [-0.25, -0.2) is 4.79 Å². The highest BCUT2D eigenvalue weighted by molar-refractivity contribution is 5.74. The van der Waals surface area contributed by atoms with Gasteiger partial charge in [-0.05, 0) is 31.6 Å². The molecule has 1 aliphatic carbocycles. The largest absolute Gasteiger partial charge is 0.338 e. The van der Waals surface area contributed by atoms with E-state index in [0.29, 0.717) is 0 Å². The summed E-state index contributed by atoms with van der Waals surface area (Å²) in [4.78, 5) is 14.2. The predicted molar refractivity (Wildman–Crippen MR) is 76.7 cm³/mol. The first-order valence-electron chi connectivity index (χ1n) is 7.80. The minimum absolute atomic E-state index is 0.156. The standard InChI is InChI=1S/C15H30N2O/c1-3-5-11-16-15(18)17(12-6-4-2)13-14-9-7-8-10-14/h14H,3-13H2,1-2H3,(H,16,18). The molecular weight excluding hydrogens is 224 g/mol. The van der Waals surface area contributed by atoms with E-state index in [1.807, 2.05) is 0 Å². The van der Waals surface area contributed by atoms with Crippen LogP contribution in [0.3, 0.4) is 0 Å². The quantitative estimate of drug-likeness (QED) is 0.657. The first-order chi connectivity index (χ1) is 8.77. The highest BCUT2D eigenvalue weighted by Gasteiger charge is 2.21. The number of hydrogen-bond acceptors (Lipinski definition) is 1. The van der Waals surface area contributed by atoms with Crippen molar-refractivity contribution in [3.63, 3.8) is 0 Å². The molecule has 0 aromatic heterocycles. The molecule has 1 rings (SSSR count). The van der Waals surface area contributed by atoms with Crippen molar-refractivity contribution in [2.75, 3.05) is 19.6 Å². The van der Waals surface area contributed by atoms with E-state index in [9.17, 15) is 4.79 Å². The molecule has 1 saturated carbocycles. The molecule has 0 saturated heterocycles. The number of urea groups is 1. The fourth-order valence-corrected chi connectivity index (χ4v) is 2.61. The van der Waals surface area contributed by atoms with Gasteiger partial charge in [0.1, 0.15) is 0 Å². The number of rotatable bonds is 8. The Hall–Kier alpha value is -0.730. The van der Waals surface area contributed by atoms with Crippen LogP contribution in [0.2, 0.25) is 0 Å². The first kappa shape index (κ1) is 15.3. The van der Waals surface area contributed by atoms with Crippen LogP contribution in [-0.2, 0) is 0 Å². The van der Waals surface area contributed by atoms with Crippen LogP contribution >= 0.6 is 0 Å². The Morgan fingerprint density at radius 3 is 2.44 bits per heavy atom. The molecule has 0 radical (unpaired) electrons. The topological polar surface area (TPSA) is 32.3 Å². The second-order valence-corrected chi connectivity index (χ2v) is 5.54. The third-order valence-corrected chi connectivity index (χ3v) is 3.83. The Morgan fingerprint density at radius 2 is 1.83 bits per heavy atom. The molecule has 0 atom stereocenters. The Bertz CT molecular complexity index is 225. The third kappa shape index (κ3) is 5.74. The van der Waals surface area contributed by atoms with Crippen molar-refractivity contribution in [2.24, 2.45) is 5.92 Å². The van der Waals surface area contributed by atoms with Gasteiger partial charge in [-0.3, -0.25) is 0 Å². The molecule has 3 nitrogen and oxygen atoms in total. The molecule has 3 heteroatoms. The van der Waals surface area contributed by atoms with Crippen LogP contribution < -0.4 is 5.32 Å². The molecule has 1 N–H and O–H groups in total. The van der Waals surface area contributed by atoms with Gasteiger partial charge in [0.15, 0.2) is 0 Å². The van der Waals surface area contributed by atoms with Crippen molar-refractivity contribution in [1.82, 2.24) is 10.2 Å². The van der Waals surface area contributed by atoms with E-state index < -0.39 is 0 Å². The summed E-state index contributed by atoms with van der Waals surface area (Å²) in [6.07, 6.45) is 9.81. The summed E-state index contributed by atoms with van der Waals surface area (Å²) in [5.41, 5.74) is 0. The molecule has 0 bridgehead atoms. The maximum Gasteiger partial charge on any atom is 0.317 e. The van der Waals surface area contributed by atoms with Crippen molar-refractivity contribution in [3.05, 3.63) is 0 Å². The molecule has 2 amide bonds. The Balaban J connectivity index is 2.34. The molecule has 0 heterocycles. The van der Waals surface area contributed by atoms with E-state index in [0.717, 1.165) is 51.2 Å². The van der Waals surface area contributed by atoms with Gasteiger partial charge in [-0.1, -0.05) is 39.5 Å². The van der Waals surface area contributed by atoms with Crippen LogP contribution in [0, 0.1) is 5.92 Å². The Morgan fingerprint density at radius 1 is 1.17 bits per heavy atom. The SMILES string of the molecule is CCCCNC(=O)N(CCCC)CC1CCCC1. The van der Waals surface area contributed by atoms with E-state index in [-0.39, 0.29) is 6.03 Å². The number of hydrogen-bond donors (Lipinski definition) is 1. The highest BCUT2D eigenvalue weighted by atomic mass is 16.2. The second-order valence-electron chi connectivity index (χ2n) is 5.54. The van der Waals surface area contributed by atoms with E-state index in [4.69, 9.17) is 0 Å². The number of carbonyl (C=O) groups excluding carboxylic acids is 1. The lowest BCUT2D eigenvalue weighted by atomic mass is 10.1. The minimum atomic E-state index is 0.156. The van der Waals surface area contributed by atoms with Crippen LogP contribution in [0.5, 0.6) is 0 Å². The van der Waals surface area contributed by atoms with Gasteiger partial charge < -0.3 is 10.2 Å². The van der Waals surface area contributed by atoms with Crippen molar-refractivity contribution >= 4 is 6.03 Å². The normalized spacial score (nSPS) is 15.9. The molecule has 1 fully saturated rings. The summed E-state index contributed by atoms with van der Waals surface area (Å²) < 4.78 is 0. The lowest BCUT2D eigenvalue weighted by Gasteiger charge is -2.26. The predicted octanol–water partition coefficient (Wildman–Crippen LogP) is 3.79. The smallest absolute Gasteiger partial charge is 0.317 e. The van der Waals surface area contributed by atoms with Gasteiger partial charge in [0, 0.05) is 19.6 Å². The third-order valence-electron chi connectivity index (χ3n) is 3.83. The van der Waals surface area contributed by atoms with Crippen molar-refractivity contribution in [3.8, 4) is 0 Å². The van der Waals surface area contributed by atoms with Crippen LogP contribution in [0.4, 0.5) is 4.79 Å². The highest BCUT2D eigenvalue weighted by Crippen LogP contribution is 2.25. The molecule has 0 spiro atoms. The van der Waals surface area contributed by atoms with Crippen LogP contribution in [0.15, 0.2) is 0 Å². The zero-order valence-electron chi connectivity index (χ0n) is 12.2. The molecule has 106 valence electrons. The molecule has 0 aliphatic heterocycles. The molecule has 0 unspecified atom stereocenters. The van der Waals surface area contributed by atoms with Gasteiger partial charge in [-0.15, -0.1) is 0 Å². The molecule has 0 aromatic carbocycles. The summed E-state index contributed by atoms with van der Waals surface area (Å²) in [5, 5.41) is 3.05. The Labute approximate surface area is 112 Å². The number of amides is 2. The van der Waals surface area contributed by atoms with Crippen molar-refractivity contribution in [2.45, 2.75) is 65.2 Å². The average Bonchev–Trinajstić information content (AvgIpc) is 2.87.